The summed E-state index contributed by atoms with van der Waals surface area (Å²) in [5.41, 5.74) is 0.660. The van der Waals surface area contributed by atoms with E-state index in [1.165, 1.54) is 12.8 Å². The molecule has 3 fully saturated rings. The number of carbonyl (C=O) groups is 1. The second kappa shape index (κ2) is 7.76. The fourth-order valence-electron chi connectivity index (χ4n) is 5.14. The highest BCUT2D eigenvalue weighted by Crippen LogP contribution is 2.41. The number of aliphatic hydroxyl groups excluding tert-OH is 1. The van der Waals surface area contributed by atoms with Gasteiger partial charge in [0.05, 0.1) is 19.3 Å². The van der Waals surface area contributed by atoms with Gasteiger partial charge in [0.2, 0.25) is 11.8 Å². The molecule has 2 N–H and O–H groups in total. The van der Waals surface area contributed by atoms with E-state index < -0.39 is 0 Å². The quantitative estimate of drug-likeness (QED) is 0.801. The number of carbonyl (C=O) groups excluding carboxylic acids is 1. The van der Waals surface area contributed by atoms with Crippen LogP contribution in [0.4, 0.5) is 0 Å². The molecule has 27 heavy (non-hydrogen) atoms. The zero-order valence-electron chi connectivity index (χ0n) is 16.2. The number of aliphatic hydroxyl groups is 1. The number of hydrogen-bond donors (Lipinski definition) is 2. The number of nitrogens with one attached hydrogen (secondary N) is 1. The highest BCUT2D eigenvalue weighted by molar-refractivity contribution is 5.87. The van der Waals surface area contributed by atoms with E-state index in [9.17, 15) is 9.90 Å². The number of ether oxygens (including phenoxy) is 1. The standard InChI is InChI=1S/C21H31N3O3/c1-27-18-7-6-15(14-22-18)19(16-12-17(25)13-16)23-20(26)21(8-2-3-9-21)24-10-4-5-11-24/h6-7,14,16-17,19,25H,2-5,8-13H2,1H3,(H,23,26)/t16?,17?,19-/m0/s1. The van der Waals surface area contributed by atoms with Crippen LogP contribution in [-0.4, -0.2) is 52.7 Å². The van der Waals surface area contributed by atoms with Crippen molar-refractivity contribution in [2.45, 2.75) is 69.1 Å². The van der Waals surface area contributed by atoms with Gasteiger partial charge in [-0.25, -0.2) is 4.98 Å². The van der Waals surface area contributed by atoms with Crippen LogP contribution in [0.5, 0.6) is 5.88 Å². The van der Waals surface area contributed by atoms with Crippen molar-refractivity contribution >= 4 is 5.91 Å². The summed E-state index contributed by atoms with van der Waals surface area (Å²) < 4.78 is 5.17. The molecule has 0 radical (unpaired) electrons. The third kappa shape index (κ3) is 3.57. The van der Waals surface area contributed by atoms with Crippen LogP contribution < -0.4 is 10.1 Å². The van der Waals surface area contributed by atoms with Gasteiger partial charge in [0, 0.05) is 12.3 Å². The van der Waals surface area contributed by atoms with Crippen molar-refractivity contribution < 1.29 is 14.6 Å². The first-order valence-corrected chi connectivity index (χ1v) is 10.4. The van der Waals surface area contributed by atoms with Crippen LogP contribution in [0.25, 0.3) is 0 Å². The second-order valence-corrected chi connectivity index (χ2v) is 8.40. The molecular weight excluding hydrogens is 342 g/mol. The SMILES string of the molecule is COc1ccc([C@H](NC(=O)C2(N3CCCC3)CCCC2)C2CC(O)C2)cn1. The Hall–Kier alpha value is -1.66. The Morgan fingerprint density at radius 3 is 2.52 bits per heavy atom. The molecule has 2 heterocycles. The van der Waals surface area contributed by atoms with Gasteiger partial charge in [-0.15, -0.1) is 0 Å². The van der Waals surface area contributed by atoms with Crippen molar-refractivity contribution in [3.05, 3.63) is 23.9 Å². The summed E-state index contributed by atoms with van der Waals surface area (Å²) in [7, 11) is 1.60. The van der Waals surface area contributed by atoms with E-state index in [4.69, 9.17) is 4.74 Å². The molecule has 0 aromatic carbocycles. The van der Waals surface area contributed by atoms with Crippen LogP contribution in [0.3, 0.4) is 0 Å². The third-order valence-electron chi connectivity index (χ3n) is 6.80. The number of likely N-dealkylation sites (tertiary alicyclic amines) is 1. The third-order valence-corrected chi connectivity index (χ3v) is 6.80. The van der Waals surface area contributed by atoms with Crippen molar-refractivity contribution in [1.82, 2.24) is 15.2 Å². The number of hydrogen-bond acceptors (Lipinski definition) is 5. The molecule has 0 bridgehead atoms. The maximum absolute atomic E-state index is 13.5. The first-order chi connectivity index (χ1) is 13.1. The Kier molecular flexibility index (Phi) is 5.37. The number of pyridine rings is 1. The largest absolute Gasteiger partial charge is 0.481 e. The van der Waals surface area contributed by atoms with Crippen LogP contribution in [0.1, 0.15) is 63.0 Å². The number of amides is 1. The summed E-state index contributed by atoms with van der Waals surface area (Å²) in [6, 6.07) is 3.73. The molecule has 6 nitrogen and oxygen atoms in total. The molecule has 1 aromatic heterocycles. The topological polar surface area (TPSA) is 74.7 Å². The lowest BCUT2D eigenvalue weighted by Crippen LogP contribution is -2.58. The van der Waals surface area contributed by atoms with Crippen molar-refractivity contribution in [3.8, 4) is 5.88 Å². The summed E-state index contributed by atoms with van der Waals surface area (Å²) in [6.07, 6.45) is 9.55. The minimum Gasteiger partial charge on any atom is -0.481 e. The van der Waals surface area contributed by atoms with Crippen molar-refractivity contribution in [2.24, 2.45) is 5.92 Å². The highest BCUT2D eigenvalue weighted by atomic mass is 16.5. The number of methoxy groups -OCH3 is 1. The lowest BCUT2D eigenvalue weighted by Gasteiger charge is -2.42. The summed E-state index contributed by atoms with van der Waals surface area (Å²) in [5, 5.41) is 13.2. The van der Waals surface area contributed by atoms with Gasteiger partial charge in [-0.1, -0.05) is 18.9 Å². The van der Waals surface area contributed by atoms with E-state index >= 15 is 0 Å². The number of aromatic nitrogens is 1. The highest BCUT2D eigenvalue weighted by Gasteiger charge is 2.48. The minimum atomic E-state index is -0.336. The Morgan fingerprint density at radius 1 is 1.26 bits per heavy atom. The fourth-order valence-corrected chi connectivity index (χ4v) is 5.14. The molecule has 1 atom stereocenters. The van der Waals surface area contributed by atoms with Crippen molar-refractivity contribution in [1.29, 1.82) is 0 Å². The first-order valence-electron chi connectivity index (χ1n) is 10.4. The Balaban J connectivity index is 1.55. The molecule has 6 heteroatoms. The zero-order chi connectivity index (χ0) is 18.9. The van der Waals surface area contributed by atoms with Gasteiger partial charge < -0.3 is 15.2 Å². The van der Waals surface area contributed by atoms with E-state index in [0.717, 1.165) is 57.2 Å². The summed E-state index contributed by atoms with van der Waals surface area (Å²) >= 11 is 0. The van der Waals surface area contributed by atoms with E-state index in [2.05, 4.69) is 15.2 Å². The Labute approximate surface area is 161 Å². The molecule has 1 saturated heterocycles. The summed E-state index contributed by atoms with van der Waals surface area (Å²) in [4.78, 5) is 20.3. The van der Waals surface area contributed by atoms with Crippen LogP contribution in [-0.2, 0) is 4.79 Å². The van der Waals surface area contributed by atoms with Crippen LogP contribution in [0.2, 0.25) is 0 Å². The molecule has 2 aliphatic carbocycles. The summed E-state index contributed by atoms with van der Waals surface area (Å²) in [6.45, 7) is 2.06. The van der Waals surface area contributed by atoms with Gasteiger partial charge >= 0.3 is 0 Å². The molecule has 0 spiro atoms. The normalized spacial score (nSPS) is 28.5. The molecule has 1 aliphatic heterocycles. The van der Waals surface area contributed by atoms with E-state index in [1.807, 2.05) is 12.1 Å². The molecule has 2 saturated carbocycles. The molecule has 0 unspecified atom stereocenters. The van der Waals surface area contributed by atoms with Gasteiger partial charge in [0.15, 0.2) is 0 Å². The average molecular weight is 373 g/mol. The predicted octanol–water partition coefficient (Wildman–Crippen LogP) is 2.43. The maximum Gasteiger partial charge on any atom is 0.241 e. The van der Waals surface area contributed by atoms with E-state index in [0.29, 0.717) is 5.88 Å². The Bertz CT molecular complexity index is 645. The smallest absolute Gasteiger partial charge is 0.241 e. The molecule has 1 amide bonds. The fraction of sp³-hybridized carbons (Fsp3) is 0.714. The molecule has 3 aliphatic rings. The van der Waals surface area contributed by atoms with Crippen LogP contribution in [0, 0.1) is 5.92 Å². The van der Waals surface area contributed by atoms with Crippen molar-refractivity contribution in [2.75, 3.05) is 20.2 Å². The minimum absolute atomic E-state index is 0.0978. The number of rotatable bonds is 6. The van der Waals surface area contributed by atoms with E-state index in [1.54, 1.807) is 13.3 Å². The molecule has 1 aromatic rings. The maximum atomic E-state index is 13.5. The number of nitrogens with zero attached hydrogens (tertiary/aromatic N) is 2. The molecule has 148 valence electrons. The zero-order valence-corrected chi connectivity index (χ0v) is 16.2. The first kappa shape index (κ1) is 18.7. The van der Waals surface area contributed by atoms with Gasteiger partial charge in [-0.2, -0.15) is 0 Å². The lowest BCUT2D eigenvalue weighted by atomic mass is 9.75. The van der Waals surface area contributed by atoms with Gasteiger partial charge in [-0.05, 0) is 63.1 Å². The van der Waals surface area contributed by atoms with E-state index in [-0.39, 0.29) is 29.5 Å². The lowest BCUT2D eigenvalue weighted by molar-refractivity contribution is -0.135. The molecule has 4 rings (SSSR count). The average Bonchev–Trinajstić information content (AvgIpc) is 3.36. The van der Waals surface area contributed by atoms with Crippen molar-refractivity contribution in [3.63, 3.8) is 0 Å². The van der Waals surface area contributed by atoms with Gasteiger partial charge in [-0.3, -0.25) is 9.69 Å². The Morgan fingerprint density at radius 2 is 1.96 bits per heavy atom. The van der Waals surface area contributed by atoms with Gasteiger partial charge in [0.1, 0.15) is 5.54 Å². The predicted molar refractivity (Wildman–Crippen MR) is 102 cm³/mol. The monoisotopic (exact) mass is 373 g/mol. The molecular formula is C21H31N3O3. The summed E-state index contributed by atoms with van der Waals surface area (Å²) in [5.74, 6) is 1.00. The van der Waals surface area contributed by atoms with Gasteiger partial charge in [0.25, 0.3) is 0 Å². The van der Waals surface area contributed by atoms with Crippen LogP contribution >= 0.6 is 0 Å². The second-order valence-electron chi connectivity index (χ2n) is 8.40. The van der Waals surface area contributed by atoms with Crippen LogP contribution in [0.15, 0.2) is 18.3 Å².